The average Bonchev–Trinajstić information content (AvgIpc) is 2.35. The third-order valence-corrected chi connectivity index (χ3v) is 3.37. The molecule has 0 saturated carbocycles. The van der Waals surface area contributed by atoms with Crippen LogP contribution in [0.25, 0.3) is 11.1 Å². The number of hydrogen-bond donors (Lipinski definition) is 3. The van der Waals surface area contributed by atoms with Gasteiger partial charge in [0, 0.05) is 14.7 Å². The SMILES string of the molecule is CC.Sc1cccc(-c2ccc(S)c(S)c2)c1. The zero-order chi connectivity index (χ0) is 12.8. The highest BCUT2D eigenvalue weighted by Crippen LogP contribution is 2.27. The fourth-order valence-electron chi connectivity index (χ4n) is 1.39. The number of benzene rings is 2. The molecule has 0 nitrogen and oxygen atoms in total. The van der Waals surface area contributed by atoms with Crippen LogP contribution in [0.1, 0.15) is 13.8 Å². The van der Waals surface area contributed by atoms with Crippen LogP contribution in [0.15, 0.2) is 57.2 Å². The van der Waals surface area contributed by atoms with Crippen molar-refractivity contribution in [3.63, 3.8) is 0 Å². The van der Waals surface area contributed by atoms with E-state index in [1.165, 1.54) is 0 Å². The molecule has 0 aliphatic rings. The highest BCUT2D eigenvalue weighted by molar-refractivity contribution is 7.83. The predicted molar refractivity (Wildman–Crippen MR) is 85.0 cm³/mol. The van der Waals surface area contributed by atoms with Crippen molar-refractivity contribution < 1.29 is 0 Å². The summed E-state index contributed by atoms with van der Waals surface area (Å²) in [5.41, 5.74) is 2.28. The predicted octanol–water partition coefficient (Wildman–Crippen LogP) is 5.25. The van der Waals surface area contributed by atoms with E-state index in [-0.39, 0.29) is 0 Å². The Labute approximate surface area is 120 Å². The Morgan fingerprint density at radius 1 is 0.706 bits per heavy atom. The Bertz CT molecular complexity index is 493. The molecule has 0 atom stereocenters. The molecular weight excluding hydrogens is 264 g/mol. The number of rotatable bonds is 1. The van der Waals surface area contributed by atoms with Gasteiger partial charge in [-0.15, -0.1) is 37.9 Å². The molecule has 0 spiro atoms. The fourth-order valence-corrected chi connectivity index (χ4v) is 1.97. The molecule has 0 saturated heterocycles. The van der Waals surface area contributed by atoms with Gasteiger partial charge < -0.3 is 0 Å². The Hall–Kier alpha value is -0.510. The van der Waals surface area contributed by atoms with Crippen LogP contribution in [0.4, 0.5) is 0 Å². The smallest absolute Gasteiger partial charge is 0.0180 e. The summed E-state index contributed by atoms with van der Waals surface area (Å²) in [4.78, 5) is 2.74. The van der Waals surface area contributed by atoms with Crippen LogP contribution in [0.5, 0.6) is 0 Å². The van der Waals surface area contributed by atoms with Crippen LogP contribution in [0.2, 0.25) is 0 Å². The zero-order valence-electron chi connectivity index (χ0n) is 9.88. The molecule has 0 aromatic heterocycles. The highest BCUT2D eigenvalue weighted by Gasteiger charge is 2.00. The van der Waals surface area contributed by atoms with Crippen molar-refractivity contribution in [2.45, 2.75) is 28.5 Å². The molecule has 0 N–H and O–H groups in total. The van der Waals surface area contributed by atoms with Gasteiger partial charge >= 0.3 is 0 Å². The monoisotopic (exact) mass is 280 g/mol. The summed E-state index contributed by atoms with van der Waals surface area (Å²) in [5.74, 6) is 0. The Balaban J connectivity index is 0.000000686. The van der Waals surface area contributed by atoms with Crippen molar-refractivity contribution in [1.29, 1.82) is 0 Å². The molecule has 0 radical (unpaired) electrons. The molecule has 0 aliphatic carbocycles. The Morgan fingerprint density at radius 3 is 1.94 bits per heavy atom. The van der Waals surface area contributed by atoms with Gasteiger partial charge in [0.2, 0.25) is 0 Å². The zero-order valence-corrected chi connectivity index (χ0v) is 12.6. The standard InChI is InChI=1S/C12H10S3.C2H6/c13-10-3-1-2-8(6-10)9-4-5-11(14)12(15)7-9;1-2/h1-7,13-15H;1-2H3. The molecule has 0 bridgehead atoms. The topological polar surface area (TPSA) is 0 Å². The van der Waals surface area contributed by atoms with Crippen molar-refractivity contribution in [3.05, 3.63) is 42.5 Å². The quantitative estimate of drug-likeness (QED) is 0.584. The van der Waals surface area contributed by atoms with E-state index >= 15 is 0 Å². The molecule has 90 valence electrons. The largest absolute Gasteiger partial charge is 0.143 e. The van der Waals surface area contributed by atoms with Gasteiger partial charge in [-0.1, -0.05) is 32.0 Å². The Morgan fingerprint density at radius 2 is 1.35 bits per heavy atom. The van der Waals surface area contributed by atoms with E-state index in [1.807, 2.05) is 50.2 Å². The van der Waals surface area contributed by atoms with E-state index in [1.54, 1.807) is 0 Å². The molecule has 2 aromatic carbocycles. The van der Waals surface area contributed by atoms with Gasteiger partial charge in [0.15, 0.2) is 0 Å². The highest BCUT2D eigenvalue weighted by atomic mass is 32.1. The van der Waals surface area contributed by atoms with E-state index < -0.39 is 0 Å². The van der Waals surface area contributed by atoms with E-state index in [9.17, 15) is 0 Å². The first kappa shape index (κ1) is 14.6. The van der Waals surface area contributed by atoms with Gasteiger partial charge in [-0.3, -0.25) is 0 Å². The molecule has 17 heavy (non-hydrogen) atoms. The van der Waals surface area contributed by atoms with Crippen molar-refractivity contribution in [3.8, 4) is 11.1 Å². The molecule has 0 aliphatic heterocycles. The second-order valence-electron chi connectivity index (χ2n) is 3.25. The van der Waals surface area contributed by atoms with Gasteiger partial charge in [-0.2, -0.15) is 0 Å². The maximum Gasteiger partial charge on any atom is 0.0180 e. The fraction of sp³-hybridized carbons (Fsp3) is 0.143. The summed E-state index contributed by atoms with van der Waals surface area (Å²) in [6.45, 7) is 4.00. The number of hydrogen-bond acceptors (Lipinski definition) is 3. The van der Waals surface area contributed by atoms with Gasteiger partial charge in [0.05, 0.1) is 0 Å². The van der Waals surface area contributed by atoms with E-state index in [2.05, 4.69) is 44.0 Å². The summed E-state index contributed by atoms with van der Waals surface area (Å²) >= 11 is 13.0. The lowest BCUT2D eigenvalue weighted by Gasteiger charge is -2.05. The van der Waals surface area contributed by atoms with Crippen molar-refractivity contribution in [1.82, 2.24) is 0 Å². The molecule has 2 aromatic rings. The van der Waals surface area contributed by atoms with Gasteiger partial charge in [-0.25, -0.2) is 0 Å². The summed E-state index contributed by atoms with van der Waals surface area (Å²) in [5, 5.41) is 0. The van der Waals surface area contributed by atoms with Gasteiger partial charge in [-0.05, 0) is 35.4 Å². The lowest BCUT2D eigenvalue weighted by atomic mass is 10.1. The van der Waals surface area contributed by atoms with E-state index in [0.29, 0.717) is 0 Å². The average molecular weight is 280 g/mol. The third-order valence-electron chi connectivity index (χ3n) is 2.15. The first-order valence-electron chi connectivity index (χ1n) is 5.48. The molecule has 3 heteroatoms. The summed E-state index contributed by atoms with van der Waals surface area (Å²) < 4.78 is 0. The second kappa shape index (κ2) is 7.04. The number of thiol groups is 3. The maximum absolute atomic E-state index is 4.35. The van der Waals surface area contributed by atoms with E-state index in [4.69, 9.17) is 0 Å². The van der Waals surface area contributed by atoms with Crippen LogP contribution in [-0.4, -0.2) is 0 Å². The molecule has 0 unspecified atom stereocenters. The van der Waals surface area contributed by atoms with Crippen LogP contribution < -0.4 is 0 Å². The maximum atomic E-state index is 4.35. The molecule has 2 rings (SSSR count). The molecule has 0 fully saturated rings. The van der Waals surface area contributed by atoms with Crippen molar-refractivity contribution >= 4 is 37.9 Å². The van der Waals surface area contributed by atoms with Crippen LogP contribution in [0.3, 0.4) is 0 Å². The normalized spacial score (nSPS) is 9.47. The minimum absolute atomic E-state index is 0.889. The molecule has 0 heterocycles. The molecular formula is C14H16S3. The first-order chi connectivity index (χ1) is 8.16. The van der Waals surface area contributed by atoms with Crippen LogP contribution in [-0.2, 0) is 0 Å². The van der Waals surface area contributed by atoms with Gasteiger partial charge in [0.25, 0.3) is 0 Å². The van der Waals surface area contributed by atoms with Crippen molar-refractivity contribution in [2.75, 3.05) is 0 Å². The summed E-state index contributed by atoms with van der Waals surface area (Å²) in [6, 6.07) is 14.0. The van der Waals surface area contributed by atoms with Crippen LogP contribution >= 0.6 is 37.9 Å². The minimum atomic E-state index is 0.889. The lowest BCUT2D eigenvalue weighted by Crippen LogP contribution is -1.79. The summed E-state index contributed by atoms with van der Waals surface area (Å²) in [6.07, 6.45) is 0. The summed E-state index contributed by atoms with van der Waals surface area (Å²) in [7, 11) is 0. The Kier molecular flexibility index (Phi) is 6.03. The first-order valence-corrected chi connectivity index (χ1v) is 6.82. The van der Waals surface area contributed by atoms with E-state index in [0.717, 1.165) is 25.8 Å². The second-order valence-corrected chi connectivity index (χ2v) is 4.73. The van der Waals surface area contributed by atoms with Gasteiger partial charge in [0.1, 0.15) is 0 Å². The van der Waals surface area contributed by atoms with Crippen molar-refractivity contribution in [2.24, 2.45) is 0 Å². The lowest BCUT2D eigenvalue weighted by molar-refractivity contribution is 1.27. The minimum Gasteiger partial charge on any atom is -0.143 e. The molecule has 0 amide bonds. The third kappa shape index (κ3) is 4.02. The van der Waals surface area contributed by atoms with Crippen LogP contribution in [0, 0.1) is 0 Å².